The van der Waals surface area contributed by atoms with Crippen LogP contribution in [-0.4, -0.2) is 20.9 Å². The topological polar surface area (TPSA) is 55.1 Å². The first-order valence-corrected chi connectivity index (χ1v) is 5.71. The molecule has 0 aliphatic carbocycles. The van der Waals surface area contributed by atoms with Crippen LogP contribution < -0.4 is 0 Å². The van der Waals surface area contributed by atoms with Crippen LogP contribution in [0.3, 0.4) is 0 Å². The Balaban J connectivity index is 2.71. The maximum Gasteiger partial charge on any atom is 0.335 e. The largest absolute Gasteiger partial charge is 0.478 e. The van der Waals surface area contributed by atoms with E-state index in [0.717, 1.165) is 10.9 Å². The van der Waals surface area contributed by atoms with Gasteiger partial charge >= 0.3 is 5.97 Å². The van der Waals surface area contributed by atoms with Crippen LogP contribution in [-0.2, 0) is 0 Å². The maximum absolute atomic E-state index is 10.9. The lowest BCUT2D eigenvalue weighted by molar-refractivity contribution is 0.0697. The molecule has 1 aromatic carbocycles. The number of rotatable bonds is 2. The van der Waals surface area contributed by atoms with E-state index in [1.54, 1.807) is 18.2 Å². The van der Waals surface area contributed by atoms with E-state index < -0.39 is 5.97 Å². The molecule has 0 fully saturated rings. The average molecular weight is 283 g/mol. The lowest BCUT2D eigenvalue weighted by Gasteiger charge is -2.06. The fourth-order valence-electron chi connectivity index (χ4n) is 1.63. The predicted molar refractivity (Wildman–Crippen MR) is 64.8 cm³/mol. The second-order valence-corrected chi connectivity index (χ2v) is 4.62. The van der Waals surface area contributed by atoms with Crippen molar-refractivity contribution in [2.24, 2.45) is 0 Å². The van der Waals surface area contributed by atoms with Gasteiger partial charge in [0.05, 0.1) is 11.1 Å². The van der Waals surface area contributed by atoms with Gasteiger partial charge in [-0.1, -0.05) is 0 Å². The van der Waals surface area contributed by atoms with E-state index in [2.05, 4.69) is 21.0 Å². The molecule has 0 amide bonds. The smallest absolute Gasteiger partial charge is 0.335 e. The number of hydrogen-bond donors (Lipinski definition) is 1. The van der Waals surface area contributed by atoms with Crippen LogP contribution in [0.25, 0.3) is 10.9 Å². The molecule has 16 heavy (non-hydrogen) atoms. The molecule has 0 aliphatic rings. The van der Waals surface area contributed by atoms with Gasteiger partial charge in [-0.15, -0.1) is 0 Å². The zero-order valence-corrected chi connectivity index (χ0v) is 10.5. The van der Waals surface area contributed by atoms with Gasteiger partial charge < -0.3 is 5.11 Å². The molecule has 0 unspecified atom stereocenters. The quantitative estimate of drug-likeness (QED) is 0.921. The number of halogens is 1. The molecule has 4 nitrogen and oxygen atoms in total. The second-order valence-electron chi connectivity index (χ2n) is 3.87. The van der Waals surface area contributed by atoms with Gasteiger partial charge in [0, 0.05) is 11.4 Å². The van der Waals surface area contributed by atoms with Crippen molar-refractivity contribution in [1.29, 1.82) is 0 Å². The third-order valence-corrected chi connectivity index (χ3v) is 2.98. The summed E-state index contributed by atoms with van der Waals surface area (Å²) < 4.78 is 2.55. The summed E-state index contributed by atoms with van der Waals surface area (Å²) in [7, 11) is 0. The molecule has 0 radical (unpaired) electrons. The highest BCUT2D eigenvalue weighted by atomic mass is 79.9. The van der Waals surface area contributed by atoms with E-state index in [4.69, 9.17) is 5.11 Å². The Morgan fingerprint density at radius 1 is 1.50 bits per heavy atom. The zero-order chi connectivity index (χ0) is 11.9. The number of hydrogen-bond acceptors (Lipinski definition) is 2. The standard InChI is InChI=1S/C11H11BrN2O2/c1-6(2)14-9-4-3-7(11(15)16)5-8(9)10(12)13-14/h3-6H,1-2H3,(H,15,16). The van der Waals surface area contributed by atoms with E-state index in [1.165, 1.54) is 0 Å². The fraction of sp³-hybridized carbons (Fsp3) is 0.273. The first-order valence-electron chi connectivity index (χ1n) is 4.91. The Bertz CT molecular complexity index is 560. The molecule has 2 rings (SSSR count). The molecule has 0 saturated heterocycles. The number of aromatic carboxylic acids is 1. The van der Waals surface area contributed by atoms with Crippen molar-refractivity contribution >= 4 is 32.8 Å². The van der Waals surface area contributed by atoms with Gasteiger partial charge in [0.1, 0.15) is 4.60 Å². The van der Waals surface area contributed by atoms with Crippen molar-refractivity contribution in [2.75, 3.05) is 0 Å². The SMILES string of the molecule is CC(C)n1nc(Br)c2cc(C(=O)O)ccc21. The highest BCUT2D eigenvalue weighted by Crippen LogP contribution is 2.26. The minimum Gasteiger partial charge on any atom is -0.478 e. The van der Waals surface area contributed by atoms with Gasteiger partial charge in [0.15, 0.2) is 0 Å². The van der Waals surface area contributed by atoms with Gasteiger partial charge in [-0.2, -0.15) is 5.10 Å². The fourth-order valence-corrected chi connectivity index (χ4v) is 2.12. The molecule has 1 N–H and O–H groups in total. The van der Waals surface area contributed by atoms with Gasteiger partial charge in [-0.3, -0.25) is 4.68 Å². The summed E-state index contributed by atoms with van der Waals surface area (Å²) in [5.74, 6) is -0.925. The Hall–Kier alpha value is -1.36. The second kappa shape index (κ2) is 3.90. The maximum atomic E-state index is 10.9. The zero-order valence-electron chi connectivity index (χ0n) is 8.94. The minimum absolute atomic E-state index is 0.240. The van der Waals surface area contributed by atoms with Crippen molar-refractivity contribution in [1.82, 2.24) is 9.78 Å². The number of benzene rings is 1. The Kier molecular flexibility index (Phi) is 2.71. The third-order valence-electron chi connectivity index (χ3n) is 2.40. The summed E-state index contributed by atoms with van der Waals surface area (Å²) in [4.78, 5) is 10.9. The van der Waals surface area contributed by atoms with Crippen LogP contribution in [0.5, 0.6) is 0 Å². The van der Waals surface area contributed by atoms with Crippen LogP contribution in [0.2, 0.25) is 0 Å². The molecule has 2 aromatic rings. The van der Waals surface area contributed by atoms with Gasteiger partial charge in [0.2, 0.25) is 0 Å². The predicted octanol–water partition coefficient (Wildman–Crippen LogP) is 3.08. The first kappa shape index (κ1) is 11.1. The van der Waals surface area contributed by atoms with Crippen molar-refractivity contribution < 1.29 is 9.90 Å². The Morgan fingerprint density at radius 2 is 2.19 bits per heavy atom. The molecule has 0 bridgehead atoms. The molecule has 1 heterocycles. The van der Waals surface area contributed by atoms with E-state index >= 15 is 0 Å². The van der Waals surface area contributed by atoms with Crippen molar-refractivity contribution in [3.63, 3.8) is 0 Å². The number of aromatic nitrogens is 2. The highest BCUT2D eigenvalue weighted by Gasteiger charge is 2.13. The number of carbonyl (C=O) groups is 1. The summed E-state index contributed by atoms with van der Waals surface area (Å²) in [6.45, 7) is 4.06. The summed E-state index contributed by atoms with van der Waals surface area (Å²) in [6.07, 6.45) is 0. The molecule has 5 heteroatoms. The summed E-state index contributed by atoms with van der Waals surface area (Å²) in [5, 5.41) is 14.1. The lowest BCUT2D eigenvalue weighted by atomic mass is 10.1. The first-order chi connectivity index (χ1) is 7.50. The van der Waals surface area contributed by atoms with Crippen LogP contribution in [0, 0.1) is 0 Å². The Morgan fingerprint density at radius 3 is 2.75 bits per heavy atom. The van der Waals surface area contributed by atoms with Crippen molar-refractivity contribution in [2.45, 2.75) is 19.9 Å². The number of nitrogens with zero attached hydrogens (tertiary/aromatic N) is 2. The molecule has 1 aromatic heterocycles. The van der Waals surface area contributed by atoms with E-state index in [0.29, 0.717) is 4.60 Å². The summed E-state index contributed by atoms with van der Waals surface area (Å²) in [6, 6.07) is 5.26. The minimum atomic E-state index is -0.925. The van der Waals surface area contributed by atoms with Gasteiger partial charge in [-0.25, -0.2) is 4.79 Å². The van der Waals surface area contributed by atoms with Gasteiger partial charge in [-0.05, 0) is 48.0 Å². The number of carboxylic acid groups (broad SMARTS) is 1. The summed E-state index contributed by atoms with van der Waals surface area (Å²) in [5.41, 5.74) is 1.21. The molecule has 84 valence electrons. The Labute approximate surface area is 101 Å². The van der Waals surface area contributed by atoms with Crippen molar-refractivity contribution in [3.8, 4) is 0 Å². The number of fused-ring (bicyclic) bond motifs is 1. The van der Waals surface area contributed by atoms with E-state index in [-0.39, 0.29) is 11.6 Å². The molecule has 0 atom stereocenters. The average Bonchev–Trinajstić information content (AvgIpc) is 2.56. The molecular weight excluding hydrogens is 272 g/mol. The van der Waals surface area contributed by atoms with Crippen LogP contribution >= 0.6 is 15.9 Å². The van der Waals surface area contributed by atoms with Crippen molar-refractivity contribution in [3.05, 3.63) is 28.4 Å². The monoisotopic (exact) mass is 282 g/mol. The normalized spacial score (nSPS) is 11.2. The summed E-state index contributed by atoms with van der Waals surface area (Å²) >= 11 is 3.34. The van der Waals surface area contributed by atoms with Crippen LogP contribution in [0.15, 0.2) is 22.8 Å². The molecule has 0 aliphatic heterocycles. The molecule has 0 saturated carbocycles. The lowest BCUT2D eigenvalue weighted by Crippen LogP contribution is -2.02. The molecular formula is C11H11BrN2O2. The van der Waals surface area contributed by atoms with Crippen LogP contribution in [0.1, 0.15) is 30.2 Å². The van der Waals surface area contributed by atoms with Crippen LogP contribution in [0.4, 0.5) is 0 Å². The highest BCUT2D eigenvalue weighted by molar-refractivity contribution is 9.10. The van der Waals surface area contributed by atoms with Gasteiger partial charge in [0.25, 0.3) is 0 Å². The third kappa shape index (κ3) is 1.71. The number of carboxylic acids is 1. The van der Waals surface area contributed by atoms with E-state index in [9.17, 15) is 4.79 Å². The van der Waals surface area contributed by atoms with E-state index in [1.807, 2.05) is 18.5 Å². The molecule has 0 spiro atoms.